The zero-order valence-electron chi connectivity index (χ0n) is 10.6. The van der Waals surface area contributed by atoms with Crippen LogP contribution in [0.3, 0.4) is 0 Å². The Labute approximate surface area is 102 Å². The van der Waals surface area contributed by atoms with E-state index in [0.29, 0.717) is 0 Å². The van der Waals surface area contributed by atoms with Crippen molar-refractivity contribution in [3.05, 3.63) is 0 Å². The number of aliphatic hydroxyl groups excluding tert-OH is 2. The van der Waals surface area contributed by atoms with Crippen LogP contribution in [0.4, 0.5) is 0 Å². The summed E-state index contributed by atoms with van der Waals surface area (Å²) in [4.78, 5) is 0. The third-order valence-corrected chi connectivity index (χ3v) is 15.4. The molecule has 0 aliphatic carbocycles. The zero-order chi connectivity index (χ0) is 12.0. The molecule has 0 saturated carbocycles. The monoisotopic (exact) mass is 262 g/mol. The van der Waals surface area contributed by atoms with Crippen molar-refractivity contribution in [2.24, 2.45) is 0 Å². The Morgan fingerprint density at radius 1 is 1.19 bits per heavy atom. The molecule has 1 aliphatic rings. The van der Waals surface area contributed by atoms with Crippen LogP contribution >= 0.6 is 0 Å². The van der Waals surface area contributed by atoms with Crippen LogP contribution in [-0.2, 0) is 4.43 Å². The molecule has 5 heteroatoms. The molecule has 1 fully saturated rings. The van der Waals surface area contributed by atoms with E-state index in [9.17, 15) is 10.2 Å². The van der Waals surface area contributed by atoms with Gasteiger partial charge in [-0.05, 0) is 19.3 Å². The summed E-state index contributed by atoms with van der Waals surface area (Å²) in [7, 11) is -2.58. The molecular weight excluding hydrogens is 236 g/mol. The Kier molecular flexibility index (Phi) is 6.21. The quantitative estimate of drug-likeness (QED) is 0.697. The molecule has 0 aromatic heterocycles. The van der Waals surface area contributed by atoms with Crippen molar-refractivity contribution in [1.29, 1.82) is 0 Å². The SMILES string of the molecule is CCCC(O)[Si]1(C(O)CCC)CCCO[SiH2]1. The van der Waals surface area contributed by atoms with Gasteiger partial charge in [0.05, 0.1) is 0 Å². The molecule has 16 heavy (non-hydrogen) atoms. The van der Waals surface area contributed by atoms with Crippen molar-refractivity contribution in [3.8, 4) is 0 Å². The third kappa shape index (κ3) is 3.16. The molecule has 0 radical (unpaired) electrons. The predicted molar refractivity (Wildman–Crippen MR) is 71.5 cm³/mol. The van der Waals surface area contributed by atoms with Gasteiger partial charge in [0.2, 0.25) is 0 Å². The van der Waals surface area contributed by atoms with Crippen molar-refractivity contribution >= 4 is 16.9 Å². The van der Waals surface area contributed by atoms with E-state index in [4.69, 9.17) is 4.43 Å². The Morgan fingerprint density at radius 2 is 1.75 bits per heavy atom. The highest BCUT2D eigenvalue weighted by molar-refractivity contribution is 7.24. The standard InChI is InChI=1S/C11H26O3Si2/c1-3-6-10(12)16(11(13)7-4-2)9-5-8-14-15-16/h10-13H,3-9,15H2,1-2H3. The average Bonchev–Trinajstić information content (AvgIpc) is 2.30. The number of rotatable bonds is 6. The highest BCUT2D eigenvalue weighted by atomic mass is 29.2. The molecule has 2 N–H and O–H groups in total. The van der Waals surface area contributed by atoms with Crippen molar-refractivity contribution in [1.82, 2.24) is 0 Å². The van der Waals surface area contributed by atoms with Gasteiger partial charge in [0.15, 0.2) is 9.28 Å². The average molecular weight is 262 g/mol. The van der Waals surface area contributed by atoms with Gasteiger partial charge in [-0.2, -0.15) is 0 Å². The highest BCUT2D eigenvalue weighted by Gasteiger charge is 2.48. The van der Waals surface area contributed by atoms with E-state index in [0.717, 1.165) is 44.8 Å². The largest absolute Gasteiger partial charge is 0.427 e. The molecule has 1 heterocycles. The molecule has 0 aromatic rings. The molecule has 0 aromatic carbocycles. The highest BCUT2D eigenvalue weighted by Crippen LogP contribution is 2.28. The second kappa shape index (κ2) is 6.91. The minimum absolute atomic E-state index is 0.231. The summed E-state index contributed by atoms with van der Waals surface area (Å²) in [5.74, 6) is 0. The van der Waals surface area contributed by atoms with Crippen LogP contribution in [-0.4, -0.2) is 45.1 Å². The van der Waals surface area contributed by atoms with Crippen LogP contribution in [0.2, 0.25) is 6.04 Å². The first kappa shape index (κ1) is 14.4. The van der Waals surface area contributed by atoms with Gasteiger partial charge in [0.25, 0.3) is 0 Å². The summed E-state index contributed by atoms with van der Waals surface area (Å²) in [6.45, 7) is 5.06. The summed E-state index contributed by atoms with van der Waals surface area (Å²) in [5, 5.41) is 20.8. The van der Waals surface area contributed by atoms with Crippen LogP contribution in [0.15, 0.2) is 0 Å². The molecule has 0 spiro atoms. The first-order valence-electron chi connectivity index (χ1n) is 6.61. The minimum atomic E-state index is -1.90. The van der Waals surface area contributed by atoms with E-state index in [2.05, 4.69) is 13.8 Å². The first-order valence-corrected chi connectivity index (χ1v) is 11.9. The van der Waals surface area contributed by atoms with Gasteiger partial charge in [-0.25, -0.2) is 0 Å². The maximum Gasteiger partial charge on any atom is 0.157 e. The van der Waals surface area contributed by atoms with Gasteiger partial charge in [-0.3, -0.25) is 0 Å². The second-order valence-corrected chi connectivity index (χ2v) is 14.8. The number of aliphatic hydroxyl groups is 2. The maximum atomic E-state index is 10.4. The lowest BCUT2D eigenvalue weighted by atomic mass is 10.3. The maximum absolute atomic E-state index is 10.4. The van der Waals surface area contributed by atoms with Crippen molar-refractivity contribution in [2.75, 3.05) is 6.61 Å². The van der Waals surface area contributed by atoms with Crippen molar-refractivity contribution in [3.63, 3.8) is 0 Å². The predicted octanol–water partition coefficient (Wildman–Crippen LogP) is 0.836. The molecule has 2 atom stereocenters. The van der Waals surface area contributed by atoms with E-state index in [1.165, 1.54) is 0 Å². The van der Waals surface area contributed by atoms with E-state index in [1.54, 1.807) is 0 Å². The lowest BCUT2D eigenvalue weighted by Gasteiger charge is -2.41. The van der Waals surface area contributed by atoms with Crippen LogP contribution in [0.25, 0.3) is 0 Å². The summed E-state index contributed by atoms with van der Waals surface area (Å²) in [6, 6.07) is 1.08. The fraction of sp³-hybridized carbons (Fsp3) is 1.00. The number of hydrogen-bond donors (Lipinski definition) is 2. The van der Waals surface area contributed by atoms with Gasteiger partial charge in [-0.1, -0.05) is 32.7 Å². The van der Waals surface area contributed by atoms with Crippen LogP contribution in [0, 0.1) is 0 Å². The zero-order valence-corrected chi connectivity index (χ0v) is 13.0. The van der Waals surface area contributed by atoms with Crippen molar-refractivity contribution < 1.29 is 14.6 Å². The Balaban J connectivity index is 2.73. The van der Waals surface area contributed by atoms with Gasteiger partial charge in [-0.15, -0.1) is 0 Å². The summed E-state index contributed by atoms with van der Waals surface area (Å²) in [6.07, 6.45) is 4.75. The second-order valence-electron chi connectivity index (χ2n) is 5.00. The van der Waals surface area contributed by atoms with Gasteiger partial charge in [0.1, 0.15) is 7.59 Å². The van der Waals surface area contributed by atoms with Crippen molar-refractivity contribution in [2.45, 2.75) is 63.5 Å². The summed E-state index contributed by atoms with van der Waals surface area (Å²) in [5.41, 5.74) is -0.461. The lowest BCUT2D eigenvalue weighted by Crippen LogP contribution is -2.64. The molecular formula is C11H26O3Si2. The van der Waals surface area contributed by atoms with E-state index in [-0.39, 0.29) is 11.5 Å². The summed E-state index contributed by atoms with van der Waals surface area (Å²) < 4.78 is 5.70. The fourth-order valence-electron chi connectivity index (χ4n) is 2.71. The molecule has 3 nitrogen and oxygen atoms in total. The molecule has 2 unspecified atom stereocenters. The normalized spacial score (nSPS) is 31.5. The van der Waals surface area contributed by atoms with E-state index >= 15 is 0 Å². The van der Waals surface area contributed by atoms with Gasteiger partial charge >= 0.3 is 0 Å². The van der Waals surface area contributed by atoms with E-state index < -0.39 is 16.9 Å². The molecule has 1 saturated heterocycles. The van der Waals surface area contributed by atoms with E-state index in [1.807, 2.05) is 0 Å². The Hall–Kier alpha value is 0.314. The third-order valence-electron chi connectivity index (χ3n) is 3.75. The molecule has 0 bridgehead atoms. The Morgan fingerprint density at radius 3 is 2.12 bits per heavy atom. The number of hydrogen-bond acceptors (Lipinski definition) is 3. The van der Waals surface area contributed by atoms with Gasteiger partial charge in [0, 0.05) is 18.1 Å². The fourth-order valence-corrected chi connectivity index (χ4v) is 12.7. The molecule has 0 amide bonds. The van der Waals surface area contributed by atoms with Crippen LogP contribution in [0.5, 0.6) is 0 Å². The first-order chi connectivity index (χ1) is 7.67. The summed E-state index contributed by atoms with van der Waals surface area (Å²) >= 11 is 0. The van der Waals surface area contributed by atoms with Crippen LogP contribution in [0.1, 0.15) is 46.0 Å². The lowest BCUT2D eigenvalue weighted by molar-refractivity contribution is 0.182. The molecule has 1 aliphatic heterocycles. The topological polar surface area (TPSA) is 49.7 Å². The smallest absolute Gasteiger partial charge is 0.157 e. The minimum Gasteiger partial charge on any atom is -0.427 e. The van der Waals surface area contributed by atoms with Crippen LogP contribution < -0.4 is 0 Å². The molecule has 1 rings (SSSR count). The molecule has 96 valence electrons. The van der Waals surface area contributed by atoms with Gasteiger partial charge < -0.3 is 14.6 Å². The Bertz CT molecular complexity index is 182.